The van der Waals surface area contributed by atoms with Crippen LogP contribution in [0.4, 0.5) is 0 Å². The summed E-state index contributed by atoms with van der Waals surface area (Å²) < 4.78 is 23.2. The van der Waals surface area contributed by atoms with Gasteiger partial charge in [-0.3, -0.25) is 4.90 Å². The molecule has 1 saturated carbocycles. The van der Waals surface area contributed by atoms with Gasteiger partial charge in [-0.2, -0.15) is 0 Å². The van der Waals surface area contributed by atoms with E-state index in [1.54, 1.807) is 0 Å². The zero-order valence-corrected chi connectivity index (χ0v) is 12.2. The van der Waals surface area contributed by atoms with Crippen LogP contribution < -0.4 is 5.73 Å². The Bertz CT molecular complexity index is 362. The first-order valence-electron chi connectivity index (χ1n) is 7.17. The SMILES string of the molecule is CCN(CC1CCC1)C1(CN)CCS(=O)(=O)CC1. The molecule has 18 heavy (non-hydrogen) atoms. The third-order valence-electron chi connectivity index (χ3n) is 4.89. The van der Waals surface area contributed by atoms with E-state index in [-0.39, 0.29) is 5.54 Å². The fraction of sp³-hybridized carbons (Fsp3) is 1.00. The standard InChI is InChI=1S/C13H26N2O2S/c1-2-15(10-12-4-3-5-12)13(11-14)6-8-18(16,17)9-7-13/h12H,2-11,14H2,1H3. The number of sulfone groups is 1. The van der Waals surface area contributed by atoms with Gasteiger partial charge in [-0.25, -0.2) is 8.42 Å². The number of hydrogen-bond donors (Lipinski definition) is 1. The van der Waals surface area contributed by atoms with Crippen LogP contribution in [0.15, 0.2) is 0 Å². The molecule has 2 rings (SSSR count). The van der Waals surface area contributed by atoms with Crippen LogP contribution >= 0.6 is 0 Å². The van der Waals surface area contributed by atoms with Crippen LogP contribution in [0.1, 0.15) is 39.0 Å². The van der Waals surface area contributed by atoms with Crippen molar-refractivity contribution >= 4 is 9.84 Å². The molecule has 4 nitrogen and oxygen atoms in total. The van der Waals surface area contributed by atoms with Gasteiger partial charge in [0.15, 0.2) is 0 Å². The minimum atomic E-state index is -2.81. The van der Waals surface area contributed by atoms with E-state index in [2.05, 4.69) is 11.8 Å². The topological polar surface area (TPSA) is 63.4 Å². The molecule has 0 amide bonds. The largest absolute Gasteiger partial charge is 0.329 e. The van der Waals surface area contributed by atoms with E-state index in [1.165, 1.54) is 19.3 Å². The first-order chi connectivity index (χ1) is 8.51. The fourth-order valence-corrected chi connectivity index (χ4v) is 4.80. The molecule has 0 aromatic rings. The maximum atomic E-state index is 11.6. The quantitative estimate of drug-likeness (QED) is 0.813. The Hall–Kier alpha value is -0.130. The molecule has 0 unspecified atom stereocenters. The van der Waals surface area contributed by atoms with E-state index in [1.807, 2.05) is 0 Å². The Morgan fingerprint density at radius 1 is 1.28 bits per heavy atom. The van der Waals surface area contributed by atoms with Gasteiger partial charge in [0.1, 0.15) is 9.84 Å². The van der Waals surface area contributed by atoms with Crippen LogP contribution in [-0.4, -0.2) is 50.0 Å². The zero-order valence-electron chi connectivity index (χ0n) is 11.4. The number of nitrogens with zero attached hydrogens (tertiary/aromatic N) is 1. The van der Waals surface area contributed by atoms with Crippen LogP contribution in [0.25, 0.3) is 0 Å². The molecule has 1 saturated heterocycles. The number of hydrogen-bond acceptors (Lipinski definition) is 4. The summed E-state index contributed by atoms with van der Waals surface area (Å²) in [5, 5.41) is 0. The van der Waals surface area contributed by atoms with Crippen molar-refractivity contribution < 1.29 is 8.42 Å². The molecule has 5 heteroatoms. The highest BCUT2D eigenvalue weighted by molar-refractivity contribution is 7.91. The van der Waals surface area contributed by atoms with Crippen molar-refractivity contribution in [2.45, 2.75) is 44.6 Å². The summed E-state index contributed by atoms with van der Waals surface area (Å²) in [5.74, 6) is 1.43. The number of nitrogens with two attached hydrogens (primary N) is 1. The van der Waals surface area contributed by atoms with Crippen molar-refractivity contribution in [1.29, 1.82) is 0 Å². The molecule has 2 aliphatic rings. The predicted octanol–water partition coefficient (Wildman–Crippen LogP) is 1.01. The highest BCUT2D eigenvalue weighted by Gasteiger charge is 2.41. The van der Waals surface area contributed by atoms with Crippen molar-refractivity contribution in [3.8, 4) is 0 Å². The maximum Gasteiger partial charge on any atom is 0.150 e. The van der Waals surface area contributed by atoms with Crippen LogP contribution in [0.2, 0.25) is 0 Å². The third-order valence-corrected chi connectivity index (χ3v) is 6.54. The molecule has 1 aliphatic heterocycles. The van der Waals surface area contributed by atoms with Crippen LogP contribution in [0, 0.1) is 5.92 Å². The Labute approximate surface area is 111 Å². The minimum Gasteiger partial charge on any atom is -0.329 e. The maximum absolute atomic E-state index is 11.6. The summed E-state index contributed by atoms with van der Waals surface area (Å²) in [6.07, 6.45) is 5.44. The van der Waals surface area contributed by atoms with Gasteiger partial charge in [0.2, 0.25) is 0 Å². The van der Waals surface area contributed by atoms with Gasteiger partial charge < -0.3 is 5.73 Å². The van der Waals surface area contributed by atoms with Crippen molar-refractivity contribution in [1.82, 2.24) is 4.90 Å². The van der Waals surface area contributed by atoms with Gasteiger partial charge in [0.25, 0.3) is 0 Å². The second kappa shape index (κ2) is 5.47. The molecule has 0 radical (unpaired) electrons. The zero-order chi connectivity index (χ0) is 13.2. The van der Waals surface area contributed by atoms with Crippen molar-refractivity contribution in [2.75, 3.05) is 31.1 Å². The highest BCUT2D eigenvalue weighted by atomic mass is 32.2. The molecule has 1 aliphatic carbocycles. The van der Waals surface area contributed by atoms with E-state index in [9.17, 15) is 8.42 Å². The average molecular weight is 274 g/mol. The normalized spacial score (nSPS) is 27.1. The molecule has 2 N–H and O–H groups in total. The molecule has 0 atom stereocenters. The lowest BCUT2D eigenvalue weighted by atomic mass is 9.82. The minimum absolute atomic E-state index is 0.0599. The van der Waals surface area contributed by atoms with Crippen LogP contribution in [-0.2, 0) is 9.84 Å². The molecule has 1 heterocycles. The van der Waals surface area contributed by atoms with Gasteiger partial charge in [-0.15, -0.1) is 0 Å². The Morgan fingerprint density at radius 2 is 1.89 bits per heavy atom. The van der Waals surface area contributed by atoms with E-state index >= 15 is 0 Å². The van der Waals surface area contributed by atoms with Gasteiger partial charge in [0.05, 0.1) is 11.5 Å². The fourth-order valence-electron chi connectivity index (χ4n) is 3.21. The lowest BCUT2D eigenvalue weighted by Gasteiger charge is -2.47. The molecule has 0 bridgehead atoms. The molecule has 0 aromatic heterocycles. The molecule has 2 fully saturated rings. The first kappa shape index (κ1) is 14.3. The lowest BCUT2D eigenvalue weighted by Crippen LogP contribution is -2.59. The Balaban J connectivity index is 2.04. The number of likely N-dealkylation sites (N-methyl/N-ethyl adjacent to an activating group) is 1. The average Bonchev–Trinajstić information content (AvgIpc) is 2.30. The molecule has 106 valence electrons. The second-order valence-electron chi connectivity index (χ2n) is 5.92. The summed E-state index contributed by atoms with van der Waals surface area (Å²) in [7, 11) is -2.81. The van der Waals surface area contributed by atoms with E-state index in [0.29, 0.717) is 30.9 Å². The summed E-state index contributed by atoms with van der Waals surface area (Å²) in [5.41, 5.74) is 5.94. The monoisotopic (exact) mass is 274 g/mol. The number of rotatable bonds is 5. The highest BCUT2D eigenvalue weighted by Crippen LogP contribution is 2.34. The van der Waals surface area contributed by atoms with Crippen LogP contribution in [0.5, 0.6) is 0 Å². The van der Waals surface area contributed by atoms with E-state index in [0.717, 1.165) is 19.0 Å². The smallest absolute Gasteiger partial charge is 0.150 e. The van der Waals surface area contributed by atoms with Gasteiger partial charge in [-0.1, -0.05) is 13.3 Å². The van der Waals surface area contributed by atoms with Crippen molar-refractivity contribution in [3.05, 3.63) is 0 Å². The van der Waals surface area contributed by atoms with Gasteiger partial charge >= 0.3 is 0 Å². The predicted molar refractivity (Wildman–Crippen MR) is 74.3 cm³/mol. The lowest BCUT2D eigenvalue weighted by molar-refractivity contribution is 0.0550. The third kappa shape index (κ3) is 2.89. The summed E-state index contributed by atoms with van der Waals surface area (Å²) in [6.45, 7) is 4.84. The van der Waals surface area contributed by atoms with Crippen LogP contribution in [0.3, 0.4) is 0 Å². The second-order valence-corrected chi connectivity index (χ2v) is 8.22. The molecule has 0 spiro atoms. The molecular formula is C13H26N2O2S. The van der Waals surface area contributed by atoms with Crippen molar-refractivity contribution in [3.63, 3.8) is 0 Å². The van der Waals surface area contributed by atoms with E-state index in [4.69, 9.17) is 5.73 Å². The first-order valence-corrected chi connectivity index (χ1v) is 8.99. The molecular weight excluding hydrogens is 248 g/mol. The van der Waals surface area contributed by atoms with E-state index < -0.39 is 9.84 Å². The summed E-state index contributed by atoms with van der Waals surface area (Å²) >= 11 is 0. The Morgan fingerprint density at radius 3 is 2.28 bits per heavy atom. The van der Waals surface area contributed by atoms with Gasteiger partial charge in [0, 0.05) is 18.6 Å². The van der Waals surface area contributed by atoms with Crippen molar-refractivity contribution in [2.24, 2.45) is 11.7 Å². The molecule has 0 aromatic carbocycles. The summed E-state index contributed by atoms with van der Waals surface area (Å²) in [6, 6.07) is 0. The Kier molecular flexibility index (Phi) is 4.34. The summed E-state index contributed by atoms with van der Waals surface area (Å²) in [4.78, 5) is 2.46. The van der Waals surface area contributed by atoms with Gasteiger partial charge in [-0.05, 0) is 38.1 Å².